The molecule has 0 aliphatic carbocycles. The first-order valence-corrected chi connectivity index (χ1v) is 7.08. The first kappa shape index (κ1) is 14.1. The number of aliphatic carboxylic acids is 1. The maximum absolute atomic E-state index is 11.1. The monoisotopic (exact) mass is 261 g/mol. The number of hydrogen-bond acceptors (Lipinski definition) is 2. The molecule has 1 fully saturated rings. The quantitative estimate of drug-likeness (QED) is 0.904. The largest absolute Gasteiger partial charge is 0.481 e. The number of nitrogens with zero attached hydrogens (tertiary/aromatic N) is 1. The van der Waals surface area contributed by atoms with Crippen LogP contribution in [0.15, 0.2) is 24.3 Å². The van der Waals surface area contributed by atoms with Crippen molar-refractivity contribution in [1.29, 1.82) is 0 Å². The molecule has 0 bridgehead atoms. The number of piperidine rings is 1. The van der Waals surface area contributed by atoms with Gasteiger partial charge < -0.3 is 5.11 Å². The summed E-state index contributed by atoms with van der Waals surface area (Å²) < 4.78 is 0. The van der Waals surface area contributed by atoms with Crippen LogP contribution in [0.3, 0.4) is 0 Å². The number of likely N-dealkylation sites (tertiary alicyclic amines) is 1. The van der Waals surface area contributed by atoms with Crippen molar-refractivity contribution in [2.24, 2.45) is 5.92 Å². The maximum Gasteiger partial charge on any atom is 0.305 e. The third-order valence-corrected chi connectivity index (χ3v) is 4.09. The van der Waals surface area contributed by atoms with E-state index in [0.29, 0.717) is 0 Å². The third kappa shape index (κ3) is 3.80. The van der Waals surface area contributed by atoms with Crippen LogP contribution in [-0.2, 0) is 4.79 Å². The van der Waals surface area contributed by atoms with E-state index in [1.54, 1.807) is 0 Å². The van der Waals surface area contributed by atoms with E-state index in [2.05, 4.69) is 43.0 Å². The van der Waals surface area contributed by atoms with Crippen molar-refractivity contribution >= 4 is 5.97 Å². The minimum absolute atomic E-state index is 0.0191. The normalized spacial score (nSPS) is 19.3. The molecule has 1 aromatic carbocycles. The van der Waals surface area contributed by atoms with Gasteiger partial charge in [-0.2, -0.15) is 0 Å². The summed E-state index contributed by atoms with van der Waals surface area (Å²) in [5.41, 5.74) is 2.34. The van der Waals surface area contributed by atoms with Gasteiger partial charge in [0, 0.05) is 6.04 Å². The summed E-state index contributed by atoms with van der Waals surface area (Å²) in [4.78, 5) is 13.5. The number of carboxylic acid groups (broad SMARTS) is 1. The van der Waals surface area contributed by atoms with Gasteiger partial charge in [-0.05, 0) is 44.3 Å². The Bertz CT molecular complexity index is 419. The Morgan fingerprint density at radius 3 is 2.42 bits per heavy atom. The molecule has 0 spiro atoms. The van der Waals surface area contributed by atoms with Gasteiger partial charge in [-0.25, -0.2) is 0 Å². The molecule has 2 rings (SSSR count). The van der Waals surface area contributed by atoms with Crippen LogP contribution in [0.4, 0.5) is 0 Å². The van der Waals surface area contributed by atoms with E-state index in [1.165, 1.54) is 18.4 Å². The topological polar surface area (TPSA) is 40.5 Å². The molecule has 1 unspecified atom stereocenters. The van der Waals surface area contributed by atoms with Crippen molar-refractivity contribution in [3.8, 4) is 0 Å². The van der Waals surface area contributed by atoms with Crippen LogP contribution in [0.1, 0.15) is 43.4 Å². The molecule has 1 aliphatic rings. The summed E-state index contributed by atoms with van der Waals surface area (Å²) in [6, 6.07) is 8.29. The molecule has 104 valence electrons. The molecule has 1 saturated heterocycles. The van der Waals surface area contributed by atoms with Crippen LogP contribution in [0.5, 0.6) is 0 Å². The van der Waals surface area contributed by atoms with E-state index in [9.17, 15) is 4.79 Å². The van der Waals surface area contributed by atoms with Gasteiger partial charge in [-0.1, -0.05) is 36.8 Å². The van der Waals surface area contributed by atoms with Gasteiger partial charge in [0.1, 0.15) is 0 Å². The summed E-state index contributed by atoms with van der Waals surface area (Å²) >= 11 is 0. The van der Waals surface area contributed by atoms with Crippen LogP contribution in [-0.4, -0.2) is 29.1 Å². The van der Waals surface area contributed by atoms with E-state index in [-0.39, 0.29) is 12.5 Å². The summed E-state index contributed by atoms with van der Waals surface area (Å²) in [6.07, 6.45) is 2.53. The number of rotatable bonds is 4. The molecule has 1 aromatic rings. The van der Waals surface area contributed by atoms with Gasteiger partial charge in [-0.15, -0.1) is 0 Å². The minimum atomic E-state index is -0.718. The Morgan fingerprint density at radius 2 is 1.89 bits per heavy atom. The summed E-state index contributed by atoms with van der Waals surface area (Å²) in [5.74, 6) is 0.0453. The average molecular weight is 261 g/mol. The average Bonchev–Trinajstić information content (AvgIpc) is 2.38. The molecule has 0 amide bonds. The number of aryl methyl sites for hydroxylation is 1. The molecule has 1 N–H and O–H groups in total. The molecule has 3 nitrogen and oxygen atoms in total. The van der Waals surface area contributed by atoms with E-state index in [1.807, 2.05) is 0 Å². The second kappa shape index (κ2) is 6.20. The van der Waals surface area contributed by atoms with Crippen LogP contribution in [0.2, 0.25) is 0 Å². The highest BCUT2D eigenvalue weighted by Crippen LogP contribution is 2.29. The molecule has 1 atom stereocenters. The van der Waals surface area contributed by atoms with Crippen molar-refractivity contribution in [1.82, 2.24) is 4.90 Å². The molecule has 0 aromatic heterocycles. The highest BCUT2D eigenvalue weighted by molar-refractivity contribution is 5.68. The standard InChI is InChI=1S/C16H23NO2/c1-12-3-5-14(6-4-12)15(11-16(18)19)17-9-7-13(2)8-10-17/h3-6,13,15H,7-11H2,1-2H3,(H,18,19). The van der Waals surface area contributed by atoms with Gasteiger partial charge in [0.2, 0.25) is 0 Å². The van der Waals surface area contributed by atoms with E-state index in [4.69, 9.17) is 5.11 Å². The summed E-state index contributed by atoms with van der Waals surface area (Å²) in [6.45, 7) is 6.34. The Balaban J connectivity index is 2.15. The fourth-order valence-corrected chi connectivity index (χ4v) is 2.75. The highest BCUT2D eigenvalue weighted by atomic mass is 16.4. The first-order valence-electron chi connectivity index (χ1n) is 7.08. The van der Waals surface area contributed by atoms with Gasteiger partial charge in [-0.3, -0.25) is 9.69 Å². The highest BCUT2D eigenvalue weighted by Gasteiger charge is 2.26. The van der Waals surface area contributed by atoms with Crippen LogP contribution in [0.25, 0.3) is 0 Å². The van der Waals surface area contributed by atoms with Crippen molar-refractivity contribution in [3.63, 3.8) is 0 Å². The Hall–Kier alpha value is -1.35. The van der Waals surface area contributed by atoms with Crippen LogP contribution in [0, 0.1) is 12.8 Å². The van der Waals surface area contributed by atoms with Gasteiger partial charge >= 0.3 is 5.97 Å². The Morgan fingerprint density at radius 1 is 1.32 bits per heavy atom. The SMILES string of the molecule is Cc1ccc(C(CC(=O)O)N2CCC(C)CC2)cc1. The van der Waals surface area contributed by atoms with E-state index < -0.39 is 5.97 Å². The predicted molar refractivity (Wildman–Crippen MR) is 76.1 cm³/mol. The third-order valence-electron chi connectivity index (χ3n) is 4.09. The Labute approximate surface area is 115 Å². The molecular formula is C16H23NO2. The number of carboxylic acids is 1. The Kier molecular flexibility index (Phi) is 4.59. The summed E-state index contributed by atoms with van der Waals surface area (Å²) in [7, 11) is 0. The van der Waals surface area contributed by atoms with Crippen molar-refractivity contribution < 1.29 is 9.90 Å². The minimum Gasteiger partial charge on any atom is -0.481 e. The first-order chi connectivity index (χ1) is 9.06. The molecule has 19 heavy (non-hydrogen) atoms. The predicted octanol–water partition coefficient (Wildman–Crippen LogP) is 3.24. The molecule has 1 aliphatic heterocycles. The van der Waals surface area contributed by atoms with Crippen molar-refractivity contribution in [2.45, 2.75) is 39.2 Å². The number of hydrogen-bond donors (Lipinski definition) is 1. The van der Waals surface area contributed by atoms with Crippen LogP contribution >= 0.6 is 0 Å². The fraction of sp³-hybridized carbons (Fsp3) is 0.562. The van der Waals surface area contributed by atoms with E-state index >= 15 is 0 Å². The zero-order valence-corrected chi connectivity index (χ0v) is 11.8. The van der Waals surface area contributed by atoms with Crippen molar-refractivity contribution in [3.05, 3.63) is 35.4 Å². The molecule has 1 heterocycles. The molecular weight excluding hydrogens is 238 g/mol. The molecule has 3 heteroatoms. The fourth-order valence-electron chi connectivity index (χ4n) is 2.75. The second-order valence-corrected chi connectivity index (χ2v) is 5.74. The second-order valence-electron chi connectivity index (χ2n) is 5.74. The smallest absolute Gasteiger partial charge is 0.305 e. The number of carbonyl (C=O) groups is 1. The lowest BCUT2D eigenvalue weighted by atomic mass is 9.94. The lowest BCUT2D eigenvalue weighted by molar-refractivity contribution is -0.138. The van der Waals surface area contributed by atoms with Crippen LogP contribution < -0.4 is 0 Å². The van der Waals surface area contributed by atoms with Gasteiger partial charge in [0.15, 0.2) is 0 Å². The maximum atomic E-state index is 11.1. The van der Waals surface area contributed by atoms with Gasteiger partial charge in [0.25, 0.3) is 0 Å². The van der Waals surface area contributed by atoms with Gasteiger partial charge in [0.05, 0.1) is 6.42 Å². The van der Waals surface area contributed by atoms with E-state index in [0.717, 1.165) is 24.6 Å². The summed E-state index contributed by atoms with van der Waals surface area (Å²) in [5, 5.41) is 9.16. The zero-order valence-electron chi connectivity index (χ0n) is 11.8. The zero-order chi connectivity index (χ0) is 13.8. The van der Waals surface area contributed by atoms with Crippen molar-refractivity contribution in [2.75, 3.05) is 13.1 Å². The molecule has 0 radical (unpaired) electrons. The lowest BCUT2D eigenvalue weighted by Crippen LogP contribution is -2.37. The molecule has 0 saturated carbocycles. The number of benzene rings is 1. The lowest BCUT2D eigenvalue weighted by Gasteiger charge is -2.36.